The van der Waals surface area contributed by atoms with E-state index in [0.717, 1.165) is 12.3 Å². The van der Waals surface area contributed by atoms with E-state index in [1.165, 1.54) is 44.5 Å². The Morgan fingerprint density at radius 1 is 1.31 bits per heavy atom. The fourth-order valence-corrected chi connectivity index (χ4v) is 2.00. The highest BCUT2D eigenvalue weighted by atomic mass is 16.6. The number of rotatable bonds is 6. The first-order valence-electron chi connectivity index (χ1n) is 7.35. The summed E-state index contributed by atoms with van der Waals surface area (Å²) in [7, 11) is 1.34. The van der Waals surface area contributed by atoms with Gasteiger partial charge in [0.05, 0.1) is 17.7 Å². The van der Waals surface area contributed by atoms with Gasteiger partial charge in [-0.15, -0.1) is 0 Å². The van der Waals surface area contributed by atoms with E-state index in [1.54, 1.807) is 0 Å². The van der Waals surface area contributed by atoms with Crippen LogP contribution in [0.2, 0.25) is 0 Å². The van der Waals surface area contributed by atoms with E-state index in [-0.39, 0.29) is 22.7 Å². The minimum atomic E-state index is -1.22. The zero-order valence-corrected chi connectivity index (χ0v) is 13.9. The number of methoxy groups -OCH3 is 1. The second-order valence-corrected chi connectivity index (χ2v) is 5.13. The molecule has 0 saturated carbocycles. The zero-order chi connectivity index (χ0) is 19.3. The molecule has 0 aliphatic rings. The highest BCUT2D eigenvalue weighted by Crippen LogP contribution is 2.29. The second-order valence-electron chi connectivity index (χ2n) is 5.13. The summed E-state index contributed by atoms with van der Waals surface area (Å²) < 4.78 is 10.5. The van der Waals surface area contributed by atoms with Crippen molar-refractivity contribution in [3.63, 3.8) is 0 Å². The molecule has 10 nitrogen and oxygen atoms in total. The van der Waals surface area contributed by atoms with Crippen molar-refractivity contribution in [2.75, 3.05) is 12.4 Å². The van der Waals surface area contributed by atoms with Crippen LogP contribution in [0.25, 0.3) is 0 Å². The Labute approximate surface area is 147 Å². The SMILES string of the molecule is COc1ccc([N+](=O)[O-])cc1NC(=O)[C@H](C)OC(=O)c1ccc[n+]([O-])c1. The molecule has 2 rings (SSSR count). The van der Waals surface area contributed by atoms with Crippen molar-refractivity contribution in [3.05, 3.63) is 63.6 Å². The van der Waals surface area contributed by atoms with Crippen molar-refractivity contribution in [2.45, 2.75) is 13.0 Å². The lowest BCUT2D eigenvalue weighted by atomic mass is 10.2. The third kappa shape index (κ3) is 4.44. The van der Waals surface area contributed by atoms with Crippen molar-refractivity contribution in [1.29, 1.82) is 0 Å². The topological polar surface area (TPSA) is 135 Å². The van der Waals surface area contributed by atoms with E-state index in [1.807, 2.05) is 0 Å². The van der Waals surface area contributed by atoms with Crippen molar-refractivity contribution in [2.24, 2.45) is 0 Å². The minimum absolute atomic E-state index is 0.0184. The Morgan fingerprint density at radius 2 is 2.04 bits per heavy atom. The first-order valence-corrected chi connectivity index (χ1v) is 7.35. The molecule has 136 valence electrons. The number of carbonyl (C=O) groups is 2. The quantitative estimate of drug-likeness (QED) is 0.270. The summed E-state index contributed by atoms with van der Waals surface area (Å²) in [6.07, 6.45) is 0.990. The lowest BCUT2D eigenvalue weighted by Gasteiger charge is -2.15. The molecule has 0 fully saturated rings. The molecule has 1 amide bonds. The van der Waals surface area contributed by atoms with E-state index in [4.69, 9.17) is 9.47 Å². The van der Waals surface area contributed by atoms with Crippen LogP contribution in [-0.2, 0) is 9.53 Å². The number of non-ortho nitro benzene ring substituents is 1. The van der Waals surface area contributed by atoms with Crippen LogP contribution in [0.5, 0.6) is 5.75 Å². The Morgan fingerprint density at radius 3 is 2.65 bits per heavy atom. The standard InChI is InChI=1S/C16H15N3O7/c1-10(26-16(21)11-4-3-7-18(22)9-11)15(20)17-13-8-12(19(23)24)5-6-14(13)25-2/h3-10H,1-2H3,(H,17,20)/t10-/m0/s1. The molecule has 1 aromatic carbocycles. The van der Waals surface area contributed by atoms with Crippen LogP contribution in [0, 0.1) is 15.3 Å². The molecule has 0 bridgehead atoms. The average molecular weight is 361 g/mol. The highest BCUT2D eigenvalue weighted by Gasteiger charge is 2.22. The third-order valence-electron chi connectivity index (χ3n) is 3.32. The number of amides is 1. The fraction of sp³-hybridized carbons (Fsp3) is 0.188. The molecular formula is C16H15N3O7. The number of nitrogens with zero attached hydrogens (tertiary/aromatic N) is 2. The molecule has 1 heterocycles. The predicted octanol–water partition coefficient (Wildman–Crippen LogP) is 1.42. The first-order chi connectivity index (χ1) is 12.3. The molecule has 0 aliphatic carbocycles. The summed E-state index contributed by atoms with van der Waals surface area (Å²) >= 11 is 0. The maximum absolute atomic E-state index is 12.2. The van der Waals surface area contributed by atoms with Crippen LogP contribution >= 0.6 is 0 Å². The molecule has 0 radical (unpaired) electrons. The Bertz CT molecular complexity index is 853. The van der Waals surface area contributed by atoms with Gasteiger partial charge in [-0.05, 0) is 19.1 Å². The Balaban J connectivity index is 2.10. The summed E-state index contributed by atoms with van der Waals surface area (Å²) in [5.41, 5.74) is -0.197. The van der Waals surface area contributed by atoms with Gasteiger partial charge in [-0.25, -0.2) is 4.79 Å². The lowest BCUT2D eigenvalue weighted by molar-refractivity contribution is -0.605. The number of nitro benzene ring substituents is 1. The molecule has 0 saturated heterocycles. The van der Waals surface area contributed by atoms with Crippen molar-refractivity contribution in [1.82, 2.24) is 0 Å². The van der Waals surface area contributed by atoms with Crippen molar-refractivity contribution in [3.8, 4) is 5.75 Å². The van der Waals surface area contributed by atoms with Crippen LogP contribution in [0.4, 0.5) is 11.4 Å². The molecule has 1 atom stereocenters. The van der Waals surface area contributed by atoms with Crippen LogP contribution in [0.3, 0.4) is 0 Å². The van der Waals surface area contributed by atoms with Crippen molar-refractivity contribution < 1.29 is 28.7 Å². The van der Waals surface area contributed by atoms with Gasteiger partial charge < -0.3 is 20.0 Å². The zero-order valence-electron chi connectivity index (χ0n) is 13.9. The molecule has 10 heteroatoms. The van der Waals surface area contributed by atoms with E-state index < -0.39 is 22.9 Å². The normalized spacial score (nSPS) is 11.3. The van der Waals surface area contributed by atoms with Crippen LogP contribution in [-0.4, -0.2) is 30.0 Å². The maximum Gasteiger partial charge on any atom is 0.345 e. The van der Waals surface area contributed by atoms with Gasteiger partial charge in [-0.2, -0.15) is 4.73 Å². The summed E-state index contributed by atoms with van der Waals surface area (Å²) in [5.74, 6) is -1.37. The number of carbonyl (C=O) groups excluding carboxylic acids is 2. The van der Waals surface area contributed by atoms with E-state index >= 15 is 0 Å². The third-order valence-corrected chi connectivity index (χ3v) is 3.32. The number of ether oxygens (including phenoxy) is 2. The number of hydrogen-bond acceptors (Lipinski definition) is 7. The monoisotopic (exact) mass is 361 g/mol. The van der Waals surface area contributed by atoms with E-state index in [9.17, 15) is 24.9 Å². The van der Waals surface area contributed by atoms with Crippen LogP contribution < -0.4 is 14.8 Å². The number of hydrogen-bond donors (Lipinski definition) is 1. The number of pyridine rings is 1. The summed E-state index contributed by atoms with van der Waals surface area (Å²) in [6, 6.07) is 6.42. The van der Waals surface area contributed by atoms with Gasteiger partial charge >= 0.3 is 5.97 Å². The number of esters is 1. The molecule has 1 aromatic heterocycles. The Kier molecular flexibility index (Phi) is 5.68. The maximum atomic E-state index is 12.2. The van der Waals surface area contributed by atoms with Gasteiger partial charge in [0, 0.05) is 18.2 Å². The van der Waals surface area contributed by atoms with Crippen LogP contribution in [0.1, 0.15) is 17.3 Å². The summed E-state index contributed by atoms with van der Waals surface area (Å²) in [5, 5.41) is 24.4. The number of benzene rings is 1. The van der Waals surface area contributed by atoms with Crippen molar-refractivity contribution >= 4 is 23.3 Å². The summed E-state index contributed by atoms with van der Waals surface area (Å²) in [6.45, 7) is 1.32. The number of anilines is 1. The van der Waals surface area contributed by atoms with Gasteiger partial charge in [0.25, 0.3) is 11.6 Å². The van der Waals surface area contributed by atoms with E-state index in [2.05, 4.69) is 5.32 Å². The number of aromatic nitrogens is 1. The minimum Gasteiger partial charge on any atom is -0.619 e. The fourth-order valence-electron chi connectivity index (χ4n) is 2.00. The molecule has 0 spiro atoms. The average Bonchev–Trinajstić information content (AvgIpc) is 2.61. The molecule has 0 aliphatic heterocycles. The van der Waals surface area contributed by atoms with Gasteiger partial charge in [-0.3, -0.25) is 14.9 Å². The molecule has 1 N–H and O–H groups in total. The molecule has 26 heavy (non-hydrogen) atoms. The highest BCUT2D eigenvalue weighted by molar-refractivity contribution is 5.98. The van der Waals surface area contributed by atoms with E-state index in [0.29, 0.717) is 4.73 Å². The van der Waals surface area contributed by atoms with Gasteiger partial charge in [0.15, 0.2) is 18.5 Å². The first kappa shape index (κ1) is 18.6. The number of nitrogens with one attached hydrogen (secondary N) is 1. The van der Waals surface area contributed by atoms with Gasteiger partial charge in [-0.1, -0.05) is 0 Å². The van der Waals surface area contributed by atoms with Crippen LogP contribution in [0.15, 0.2) is 42.7 Å². The lowest BCUT2D eigenvalue weighted by Crippen LogP contribution is -2.31. The number of nitro groups is 1. The van der Waals surface area contributed by atoms with Gasteiger partial charge in [0.1, 0.15) is 11.3 Å². The summed E-state index contributed by atoms with van der Waals surface area (Å²) in [4.78, 5) is 34.4. The molecular weight excluding hydrogens is 346 g/mol. The predicted molar refractivity (Wildman–Crippen MR) is 88.6 cm³/mol. The van der Waals surface area contributed by atoms with Gasteiger partial charge in [0.2, 0.25) is 0 Å². The Hall–Kier alpha value is -3.69. The smallest absolute Gasteiger partial charge is 0.345 e. The second kappa shape index (κ2) is 7.92. The molecule has 0 unspecified atom stereocenters. The molecule has 2 aromatic rings. The largest absolute Gasteiger partial charge is 0.619 e.